The number of carbonyl (C=O) groups excluding carboxylic acids is 1. The third-order valence-corrected chi connectivity index (χ3v) is 2.98. The van der Waals surface area contributed by atoms with Crippen LogP contribution in [0.2, 0.25) is 0 Å². The zero-order chi connectivity index (χ0) is 14.0. The summed E-state index contributed by atoms with van der Waals surface area (Å²) in [7, 11) is 1.84. The highest BCUT2D eigenvalue weighted by atomic mass is 16.1. The minimum atomic E-state index is -0.211. The summed E-state index contributed by atoms with van der Waals surface area (Å²) in [6, 6.07) is 5.01. The highest BCUT2D eigenvalue weighted by Crippen LogP contribution is 2.14. The molecule has 0 saturated heterocycles. The van der Waals surface area contributed by atoms with E-state index in [2.05, 4.69) is 15.5 Å². The number of aromatic nitrogens is 3. The summed E-state index contributed by atoms with van der Waals surface area (Å²) < 4.78 is 1.78. The molecule has 0 spiro atoms. The van der Waals surface area contributed by atoms with Crippen molar-refractivity contribution < 1.29 is 4.79 Å². The quantitative estimate of drug-likeness (QED) is 0.811. The Kier molecular flexibility index (Phi) is 3.50. The van der Waals surface area contributed by atoms with Crippen molar-refractivity contribution in [3.8, 4) is 0 Å². The maximum Gasteiger partial charge on any atom is 0.252 e. The van der Waals surface area contributed by atoms with E-state index in [-0.39, 0.29) is 11.9 Å². The SMILES string of the molecule is Cc1cc(N)ccc1C(=O)NC(C)c1nncn1C. The number of nitrogen functional groups attached to an aromatic ring is 1. The molecule has 0 saturated carbocycles. The van der Waals surface area contributed by atoms with Gasteiger partial charge in [-0.2, -0.15) is 0 Å². The molecule has 2 rings (SSSR count). The lowest BCUT2D eigenvalue weighted by Gasteiger charge is -2.14. The summed E-state index contributed by atoms with van der Waals surface area (Å²) in [6.45, 7) is 3.73. The van der Waals surface area contributed by atoms with Gasteiger partial charge in [0.05, 0.1) is 6.04 Å². The number of hydrogen-bond acceptors (Lipinski definition) is 4. The topological polar surface area (TPSA) is 85.8 Å². The van der Waals surface area contributed by atoms with Gasteiger partial charge < -0.3 is 15.6 Å². The molecule has 6 nitrogen and oxygen atoms in total. The first kappa shape index (κ1) is 13.1. The molecule has 19 heavy (non-hydrogen) atoms. The summed E-state index contributed by atoms with van der Waals surface area (Å²) in [5.74, 6) is 0.564. The van der Waals surface area contributed by atoms with Crippen LogP contribution in [-0.4, -0.2) is 20.7 Å². The van der Waals surface area contributed by atoms with Crippen molar-refractivity contribution in [3.63, 3.8) is 0 Å². The first-order valence-corrected chi connectivity index (χ1v) is 6.00. The zero-order valence-corrected chi connectivity index (χ0v) is 11.2. The number of rotatable bonds is 3. The summed E-state index contributed by atoms with van der Waals surface area (Å²) in [5.41, 5.74) is 7.78. The Labute approximate surface area is 111 Å². The number of nitrogens with zero attached hydrogens (tertiary/aromatic N) is 3. The molecule has 0 aliphatic heterocycles. The Morgan fingerprint density at radius 2 is 2.21 bits per heavy atom. The Morgan fingerprint density at radius 3 is 2.79 bits per heavy atom. The molecule has 1 aromatic heterocycles. The van der Waals surface area contributed by atoms with Crippen molar-refractivity contribution in [2.45, 2.75) is 19.9 Å². The van der Waals surface area contributed by atoms with Gasteiger partial charge in [0.1, 0.15) is 6.33 Å². The van der Waals surface area contributed by atoms with Crippen LogP contribution in [-0.2, 0) is 7.05 Å². The van der Waals surface area contributed by atoms with Gasteiger partial charge >= 0.3 is 0 Å². The summed E-state index contributed by atoms with van der Waals surface area (Å²) >= 11 is 0. The van der Waals surface area contributed by atoms with E-state index in [1.165, 1.54) is 0 Å². The average Bonchev–Trinajstić information content (AvgIpc) is 2.75. The second-order valence-electron chi connectivity index (χ2n) is 4.57. The number of anilines is 1. The third-order valence-electron chi connectivity index (χ3n) is 2.98. The fraction of sp³-hybridized carbons (Fsp3) is 0.308. The van der Waals surface area contributed by atoms with Crippen LogP contribution >= 0.6 is 0 Å². The van der Waals surface area contributed by atoms with Crippen LogP contribution in [0.5, 0.6) is 0 Å². The normalized spacial score (nSPS) is 12.2. The molecule has 0 fully saturated rings. The van der Waals surface area contributed by atoms with Crippen LogP contribution < -0.4 is 11.1 Å². The van der Waals surface area contributed by atoms with Gasteiger partial charge in [-0.1, -0.05) is 0 Å². The Morgan fingerprint density at radius 1 is 1.47 bits per heavy atom. The lowest BCUT2D eigenvalue weighted by molar-refractivity contribution is 0.0937. The second-order valence-corrected chi connectivity index (χ2v) is 4.57. The molecule has 0 aliphatic carbocycles. The van der Waals surface area contributed by atoms with Gasteiger partial charge in [0, 0.05) is 18.3 Å². The van der Waals surface area contributed by atoms with Gasteiger partial charge in [-0.25, -0.2) is 0 Å². The molecule has 2 aromatic rings. The van der Waals surface area contributed by atoms with Crippen LogP contribution in [0.3, 0.4) is 0 Å². The van der Waals surface area contributed by atoms with E-state index in [9.17, 15) is 4.79 Å². The molecule has 100 valence electrons. The molecule has 0 radical (unpaired) electrons. The average molecular weight is 259 g/mol. The fourth-order valence-corrected chi connectivity index (χ4v) is 1.96. The molecule has 6 heteroatoms. The van der Waals surface area contributed by atoms with Crippen molar-refractivity contribution in [3.05, 3.63) is 41.5 Å². The minimum absolute atomic E-state index is 0.145. The predicted molar refractivity (Wildman–Crippen MR) is 72.5 cm³/mol. The predicted octanol–water partition coefficient (Wildman–Crippen LogP) is 1.20. The largest absolute Gasteiger partial charge is 0.399 e. The maximum atomic E-state index is 12.2. The monoisotopic (exact) mass is 259 g/mol. The lowest BCUT2D eigenvalue weighted by atomic mass is 10.1. The van der Waals surface area contributed by atoms with Crippen molar-refractivity contribution >= 4 is 11.6 Å². The number of carbonyl (C=O) groups is 1. The second kappa shape index (κ2) is 5.09. The van der Waals surface area contributed by atoms with E-state index in [1.807, 2.05) is 20.9 Å². The van der Waals surface area contributed by atoms with Crippen LogP contribution in [0.25, 0.3) is 0 Å². The standard InChI is InChI=1S/C13H17N5O/c1-8-6-10(14)4-5-11(8)13(19)16-9(2)12-17-15-7-18(12)3/h4-7,9H,14H2,1-3H3,(H,16,19). The molecule has 1 amide bonds. The Bertz CT molecular complexity index is 605. The molecular formula is C13H17N5O. The molecule has 3 N–H and O–H groups in total. The van der Waals surface area contributed by atoms with E-state index in [1.54, 1.807) is 29.1 Å². The number of benzene rings is 1. The first-order valence-electron chi connectivity index (χ1n) is 6.00. The molecule has 1 atom stereocenters. The molecule has 1 unspecified atom stereocenters. The van der Waals surface area contributed by atoms with E-state index >= 15 is 0 Å². The van der Waals surface area contributed by atoms with E-state index in [0.717, 1.165) is 5.56 Å². The molecule has 0 aliphatic rings. The summed E-state index contributed by atoms with van der Waals surface area (Å²) in [4.78, 5) is 12.2. The van der Waals surface area contributed by atoms with Crippen LogP contribution in [0.1, 0.15) is 34.7 Å². The van der Waals surface area contributed by atoms with Crippen molar-refractivity contribution in [1.29, 1.82) is 0 Å². The van der Waals surface area contributed by atoms with Gasteiger partial charge in [-0.05, 0) is 37.6 Å². The first-order chi connectivity index (χ1) is 8.99. The van der Waals surface area contributed by atoms with Crippen LogP contribution in [0.4, 0.5) is 5.69 Å². The fourth-order valence-electron chi connectivity index (χ4n) is 1.96. The lowest BCUT2D eigenvalue weighted by Crippen LogP contribution is -2.29. The number of amides is 1. The molecule has 0 bridgehead atoms. The highest BCUT2D eigenvalue weighted by molar-refractivity contribution is 5.96. The van der Waals surface area contributed by atoms with Crippen LogP contribution in [0.15, 0.2) is 24.5 Å². The molecular weight excluding hydrogens is 242 g/mol. The molecule has 1 aromatic carbocycles. The van der Waals surface area contributed by atoms with Crippen LogP contribution in [0, 0.1) is 6.92 Å². The zero-order valence-electron chi connectivity index (χ0n) is 11.2. The van der Waals surface area contributed by atoms with Gasteiger partial charge in [-0.15, -0.1) is 10.2 Å². The van der Waals surface area contributed by atoms with Gasteiger partial charge in [0.25, 0.3) is 5.91 Å². The number of nitrogens with one attached hydrogen (secondary N) is 1. The highest BCUT2D eigenvalue weighted by Gasteiger charge is 2.16. The smallest absolute Gasteiger partial charge is 0.252 e. The minimum Gasteiger partial charge on any atom is -0.399 e. The Hall–Kier alpha value is -2.37. The van der Waals surface area contributed by atoms with Crippen molar-refractivity contribution in [1.82, 2.24) is 20.1 Å². The number of nitrogens with two attached hydrogens (primary N) is 1. The summed E-state index contributed by atoms with van der Waals surface area (Å²) in [5, 5.41) is 10.7. The van der Waals surface area contributed by atoms with E-state index in [4.69, 9.17) is 5.73 Å². The van der Waals surface area contributed by atoms with Gasteiger partial charge in [-0.3, -0.25) is 4.79 Å². The van der Waals surface area contributed by atoms with Gasteiger partial charge in [0.2, 0.25) is 0 Å². The van der Waals surface area contributed by atoms with E-state index in [0.29, 0.717) is 17.1 Å². The van der Waals surface area contributed by atoms with Crippen molar-refractivity contribution in [2.75, 3.05) is 5.73 Å². The maximum absolute atomic E-state index is 12.2. The van der Waals surface area contributed by atoms with E-state index < -0.39 is 0 Å². The number of hydrogen-bond donors (Lipinski definition) is 2. The number of aryl methyl sites for hydroxylation is 2. The Balaban J connectivity index is 2.15. The van der Waals surface area contributed by atoms with Gasteiger partial charge in [0.15, 0.2) is 5.82 Å². The van der Waals surface area contributed by atoms with Crippen molar-refractivity contribution in [2.24, 2.45) is 7.05 Å². The molecule has 1 heterocycles. The summed E-state index contributed by atoms with van der Waals surface area (Å²) in [6.07, 6.45) is 1.60. The third kappa shape index (κ3) is 2.73.